The quantitative estimate of drug-likeness (QED) is 0.847. The minimum absolute atomic E-state index is 0.0182. The van der Waals surface area contributed by atoms with Crippen molar-refractivity contribution in [2.45, 2.75) is 13.1 Å². The van der Waals surface area contributed by atoms with Gasteiger partial charge in [0.05, 0.1) is 13.7 Å². The summed E-state index contributed by atoms with van der Waals surface area (Å²) in [4.78, 5) is 13.9. The fraction of sp³-hybridized carbons (Fsp3) is 0.278. The molecular formula is C18H21ClN2O2. The van der Waals surface area contributed by atoms with Gasteiger partial charge in [0.2, 0.25) is 5.91 Å². The third-order valence-electron chi connectivity index (χ3n) is 3.46. The zero-order valence-corrected chi connectivity index (χ0v) is 14.1. The lowest BCUT2D eigenvalue weighted by Gasteiger charge is -2.17. The maximum Gasteiger partial charge on any atom is 0.234 e. The summed E-state index contributed by atoms with van der Waals surface area (Å²) < 4.78 is 5.11. The third kappa shape index (κ3) is 5.58. The van der Waals surface area contributed by atoms with Crippen molar-refractivity contribution in [2.24, 2.45) is 0 Å². The summed E-state index contributed by atoms with van der Waals surface area (Å²) in [5, 5.41) is 3.63. The van der Waals surface area contributed by atoms with Crippen molar-refractivity contribution in [3.8, 4) is 5.75 Å². The number of carbonyl (C=O) groups is 1. The number of hydrogen-bond donors (Lipinski definition) is 1. The molecule has 0 radical (unpaired) electrons. The van der Waals surface area contributed by atoms with Gasteiger partial charge in [0, 0.05) is 18.1 Å². The Bertz CT molecular complexity index is 644. The molecule has 0 bridgehead atoms. The van der Waals surface area contributed by atoms with Crippen LogP contribution in [0.1, 0.15) is 11.1 Å². The van der Waals surface area contributed by atoms with Crippen LogP contribution in [0, 0.1) is 0 Å². The van der Waals surface area contributed by atoms with Crippen molar-refractivity contribution in [1.29, 1.82) is 0 Å². The summed E-state index contributed by atoms with van der Waals surface area (Å²) in [7, 11) is 3.53. The summed E-state index contributed by atoms with van der Waals surface area (Å²) in [5.74, 6) is 0.787. The van der Waals surface area contributed by atoms with E-state index in [9.17, 15) is 4.79 Å². The molecule has 0 atom stereocenters. The number of likely N-dealkylation sites (N-methyl/N-ethyl adjacent to an activating group) is 1. The first-order valence-electron chi connectivity index (χ1n) is 7.40. The molecule has 0 saturated heterocycles. The van der Waals surface area contributed by atoms with Crippen molar-refractivity contribution >= 4 is 17.5 Å². The van der Waals surface area contributed by atoms with Crippen LogP contribution >= 0.6 is 11.6 Å². The number of amides is 1. The van der Waals surface area contributed by atoms with Crippen molar-refractivity contribution in [3.05, 3.63) is 64.7 Å². The number of carbonyl (C=O) groups excluding carboxylic acids is 1. The van der Waals surface area contributed by atoms with Crippen molar-refractivity contribution in [2.75, 3.05) is 20.7 Å². The Morgan fingerprint density at radius 1 is 1.17 bits per heavy atom. The summed E-state index contributed by atoms with van der Waals surface area (Å²) in [6.45, 7) is 1.46. The van der Waals surface area contributed by atoms with Gasteiger partial charge in [-0.3, -0.25) is 9.69 Å². The highest BCUT2D eigenvalue weighted by Crippen LogP contribution is 2.16. The van der Waals surface area contributed by atoms with Gasteiger partial charge in [0.1, 0.15) is 5.75 Å². The van der Waals surface area contributed by atoms with Gasteiger partial charge < -0.3 is 10.1 Å². The molecule has 0 aliphatic rings. The summed E-state index contributed by atoms with van der Waals surface area (Å²) >= 11 is 6.13. The first-order valence-corrected chi connectivity index (χ1v) is 7.78. The van der Waals surface area contributed by atoms with Gasteiger partial charge in [-0.25, -0.2) is 0 Å². The highest BCUT2D eigenvalue weighted by atomic mass is 35.5. The van der Waals surface area contributed by atoms with E-state index in [1.807, 2.05) is 60.5 Å². The van der Waals surface area contributed by atoms with Crippen LogP contribution < -0.4 is 10.1 Å². The van der Waals surface area contributed by atoms with E-state index in [0.717, 1.165) is 21.9 Å². The number of nitrogens with one attached hydrogen (secondary N) is 1. The molecule has 5 heteroatoms. The lowest BCUT2D eigenvalue weighted by atomic mass is 10.2. The first-order chi connectivity index (χ1) is 11.1. The number of methoxy groups -OCH3 is 1. The SMILES string of the molecule is COc1ccc(CNC(=O)CN(C)Cc2ccccc2Cl)cc1. The van der Waals surface area contributed by atoms with Gasteiger partial charge in [-0.1, -0.05) is 41.9 Å². The Hall–Kier alpha value is -2.04. The van der Waals surface area contributed by atoms with E-state index in [4.69, 9.17) is 16.3 Å². The molecular weight excluding hydrogens is 312 g/mol. The molecule has 2 aromatic rings. The van der Waals surface area contributed by atoms with Crippen LogP contribution in [0.5, 0.6) is 5.75 Å². The molecule has 122 valence electrons. The second-order valence-corrected chi connectivity index (χ2v) is 5.80. The summed E-state index contributed by atoms with van der Waals surface area (Å²) in [6, 6.07) is 15.3. The molecule has 0 aliphatic carbocycles. The normalized spacial score (nSPS) is 10.6. The van der Waals surface area contributed by atoms with E-state index < -0.39 is 0 Å². The monoisotopic (exact) mass is 332 g/mol. The van der Waals surface area contributed by atoms with E-state index in [2.05, 4.69) is 5.32 Å². The molecule has 2 aromatic carbocycles. The average Bonchev–Trinajstić information content (AvgIpc) is 2.55. The van der Waals surface area contributed by atoms with Crippen LogP contribution in [0.15, 0.2) is 48.5 Å². The van der Waals surface area contributed by atoms with E-state index in [0.29, 0.717) is 19.6 Å². The number of halogens is 1. The maximum absolute atomic E-state index is 12.0. The zero-order chi connectivity index (χ0) is 16.7. The lowest BCUT2D eigenvalue weighted by Crippen LogP contribution is -2.34. The van der Waals surface area contributed by atoms with Crippen LogP contribution in [0.25, 0.3) is 0 Å². The van der Waals surface area contributed by atoms with Gasteiger partial charge in [0.15, 0.2) is 0 Å². The van der Waals surface area contributed by atoms with Gasteiger partial charge in [0.25, 0.3) is 0 Å². The Morgan fingerprint density at radius 2 is 1.87 bits per heavy atom. The van der Waals surface area contributed by atoms with Crippen LogP contribution in [0.3, 0.4) is 0 Å². The number of benzene rings is 2. The number of hydrogen-bond acceptors (Lipinski definition) is 3. The zero-order valence-electron chi connectivity index (χ0n) is 13.4. The molecule has 0 aromatic heterocycles. The predicted molar refractivity (Wildman–Crippen MR) is 92.6 cm³/mol. The van der Waals surface area contributed by atoms with E-state index in [-0.39, 0.29) is 5.91 Å². The van der Waals surface area contributed by atoms with E-state index >= 15 is 0 Å². The lowest BCUT2D eigenvalue weighted by molar-refractivity contribution is -0.122. The molecule has 23 heavy (non-hydrogen) atoms. The smallest absolute Gasteiger partial charge is 0.234 e. The highest BCUT2D eigenvalue weighted by molar-refractivity contribution is 6.31. The van der Waals surface area contributed by atoms with Crippen LogP contribution in [-0.2, 0) is 17.9 Å². The Balaban J connectivity index is 1.78. The molecule has 0 fully saturated rings. The third-order valence-corrected chi connectivity index (χ3v) is 3.83. The fourth-order valence-corrected chi connectivity index (χ4v) is 2.41. The number of ether oxygens (including phenoxy) is 1. The molecule has 1 amide bonds. The largest absolute Gasteiger partial charge is 0.497 e. The molecule has 2 rings (SSSR count). The molecule has 0 unspecified atom stereocenters. The average molecular weight is 333 g/mol. The Kier molecular flexibility index (Phi) is 6.44. The predicted octanol–water partition coefficient (Wildman–Crippen LogP) is 3.10. The minimum Gasteiger partial charge on any atom is -0.497 e. The van der Waals surface area contributed by atoms with Gasteiger partial charge in [-0.05, 0) is 36.4 Å². The Morgan fingerprint density at radius 3 is 2.52 bits per heavy atom. The second kappa shape index (κ2) is 8.56. The molecule has 0 spiro atoms. The number of rotatable bonds is 7. The minimum atomic E-state index is -0.0182. The molecule has 4 nitrogen and oxygen atoms in total. The van der Waals surface area contributed by atoms with Gasteiger partial charge in [-0.15, -0.1) is 0 Å². The summed E-state index contributed by atoms with van der Waals surface area (Å²) in [6.07, 6.45) is 0. The van der Waals surface area contributed by atoms with Crippen LogP contribution in [0.4, 0.5) is 0 Å². The highest BCUT2D eigenvalue weighted by Gasteiger charge is 2.08. The maximum atomic E-state index is 12.0. The topological polar surface area (TPSA) is 41.6 Å². The molecule has 0 saturated carbocycles. The van der Waals surface area contributed by atoms with Crippen LogP contribution in [0.2, 0.25) is 5.02 Å². The van der Waals surface area contributed by atoms with E-state index in [1.54, 1.807) is 7.11 Å². The van der Waals surface area contributed by atoms with Crippen molar-refractivity contribution in [3.63, 3.8) is 0 Å². The standard InChI is InChI=1S/C18H21ClN2O2/c1-21(12-15-5-3-4-6-17(15)19)13-18(22)20-11-14-7-9-16(23-2)10-8-14/h3-10H,11-13H2,1-2H3,(H,20,22). The van der Waals surface area contributed by atoms with Crippen LogP contribution in [-0.4, -0.2) is 31.5 Å². The Labute approximate surface area is 142 Å². The van der Waals surface area contributed by atoms with E-state index in [1.165, 1.54) is 0 Å². The molecule has 1 N–H and O–H groups in total. The first kappa shape index (κ1) is 17.3. The molecule has 0 aliphatic heterocycles. The van der Waals surface area contributed by atoms with Crippen molar-refractivity contribution in [1.82, 2.24) is 10.2 Å². The van der Waals surface area contributed by atoms with Gasteiger partial charge in [-0.2, -0.15) is 0 Å². The molecule has 0 heterocycles. The summed E-state index contributed by atoms with van der Waals surface area (Å²) in [5.41, 5.74) is 2.05. The second-order valence-electron chi connectivity index (χ2n) is 5.39. The number of nitrogens with zero attached hydrogens (tertiary/aromatic N) is 1. The van der Waals surface area contributed by atoms with Gasteiger partial charge >= 0.3 is 0 Å². The fourth-order valence-electron chi connectivity index (χ4n) is 2.22. The van der Waals surface area contributed by atoms with Crippen molar-refractivity contribution < 1.29 is 9.53 Å².